The van der Waals surface area contributed by atoms with Crippen molar-refractivity contribution in [1.29, 1.82) is 0 Å². The average molecular weight is 315 g/mol. The van der Waals surface area contributed by atoms with E-state index in [9.17, 15) is 4.79 Å². The Morgan fingerprint density at radius 1 is 1.32 bits per heavy atom. The quantitative estimate of drug-likeness (QED) is 0.789. The number of aromatic nitrogens is 4. The van der Waals surface area contributed by atoms with Gasteiger partial charge in [0, 0.05) is 17.0 Å². The van der Waals surface area contributed by atoms with Crippen molar-refractivity contribution in [3.05, 3.63) is 40.0 Å². The SMILES string of the molecule is Cc1ccn2c(NC(=O)c3csc(C(C)(C)C)n3)nnc2c1. The van der Waals surface area contributed by atoms with Gasteiger partial charge in [0.05, 0.1) is 5.01 Å². The van der Waals surface area contributed by atoms with E-state index < -0.39 is 0 Å². The Morgan fingerprint density at radius 3 is 2.77 bits per heavy atom. The molecule has 1 N–H and O–H groups in total. The summed E-state index contributed by atoms with van der Waals surface area (Å²) in [4.78, 5) is 16.7. The van der Waals surface area contributed by atoms with Crippen LogP contribution >= 0.6 is 11.3 Å². The topological polar surface area (TPSA) is 72.2 Å². The van der Waals surface area contributed by atoms with Crippen LogP contribution in [0.3, 0.4) is 0 Å². The maximum absolute atomic E-state index is 12.3. The number of thiazole rings is 1. The lowest BCUT2D eigenvalue weighted by atomic mass is 9.98. The number of anilines is 1. The molecule has 0 aliphatic heterocycles. The van der Waals surface area contributed by atoms with Gasteiger partial charge in [0.2, 0.25) is 5.95 Å². The summed E-state index contributed by atoms with van der Waals surface area (Å²) in [6.45, 7) is 8.20. The molecule has 0 spiro atoms. The molecule has 7 heteroatoms. The first-order valence-electron chi connectivity index (χ1n) is 6.93. The number of amides is 1. The van der Waals surface area contributed by atoms with Crippen LogP contribution < -0.4 is 5.32 Å². The number of nitrogens with zero attached hydrogens (tertiary/aromatic N) is 4. The Labute approximate surface area is 132 Å². The highest BCUT2D eigenvalue weighted by Gasteiger charge is 2.21. The van der Waals surface area contributed by atoms with Gasteiger partial charge in [-0.05, 0) is 24.6 Å². The number of carbonyl (C=O) groups excluding carboxylic acids is 1. The van der Waals surface area contributed by atoms with Gasteiger partial charge in [0.1, 0.15) is 5.69 Å². The largest absolute Gasteiger partial charge is 0.289 e. The standard InChI is InChI=1S/C15H17N5OS/c1-9-5-6-20-11(7-9)18-19-14(20)17-12(21)10-8-22-13(16-10)15(2,3)4/h5-8H,1-4H3,(H,17,19,21). The number of carbonyl (C=O) groups is 1. The monoisotopic (exact) mass is 315 g/mol. The third-order valence-corrected chi connectivity index (χ3v) is 4.44. The van der Waals surface area contributed by atoms with Crippen molar-refractivity contribution in [2.24, 2.45) is 0 Å². The summed E-state index contributed by atoms with van der Waals surface area (Å²) in [7, 11) is 0. The Hall–Kier alpha value is -2.28. The molecular weight excluding hydrogens is 298 g/mol. The Bertz CT molecular complexity index is 843. The summed E-state index contributed by atoms with van der Waals surface area (Å²) >= 11 is 1.49. The molecule has 0 aromatic carbocycles. The van der Waals surface area contributed by atoms with E-state index in [1.54, 1.807) is 9.78 Å². The molecule has 0 unspecified atom stereocenters. The molecule has 0 saturated heterocycles. The zero-order valence-electron chi connectivity index (χ0n) is 12.9. The van der Waals surface area contributed by atoms with Crippen molar-refractivity contribution in [2.75, 3.05) is 5.32 Å². The van der Waals surface area contributed by atoms with Gasteiger partial charge >= 0.3 is 0 Å². The first-order valence-corrected chi connectivity index (χ1v) is 7.81. The lowest BCUT2D eigenvalue weighted by Gasteiger charge is -2.13. The van der Waals surface area contributed by atoms with Crippen LogP contribution in [0.4, 0.5) is 5.95 Å². The molecule has 0 radical (unpaired) electrons. The normalized spacial score (nSPS) is 11.8. The molecule has 22 heavy (non-hydrogen) atoms. The third kappa shape index (κ3) is 2.71. The van der Waals surface area contributed by atoms with Crippen molar-refractivity contribution >= 4 is 28.8 Å². The second kappa shape index (κ2) is 5.17. The second-order valence-corrected chi connectivity index (χ2v) is 7.06. The maximum atomic E-state index is 12.3. The summed E-state index contributed by atoms with van der Waals surface area (Å²) in [5.41, 5.74) is 2.12. The number of fused-ring (bicyclic) bond motifs is 1. The smallest absolute Gasteiger partial charge is 0.277 e. The molecule has 3 aromatic heterocycles. The highest BCUT2D eigenvalue weighted by molar-refractivity contribution is 7.10. The first-order chi connectivity index (χ1) is 10.3. The molecule has 0 saturated carbocycles. The summed E-state index contributed by atoms with van der Waals surface area (Å²) in [6.07, 6.45) is 1.84. The molecule has 0 fully saturated rings. The maximum Gasteiger partial charge on any atom is 0.277 e. The van der Waals surface area contributed by atoms with Crippen molar-refractivity contribution in [1.82, 2.24) is 19.6 Å². The van der Waals surface area contributed by atoms with Crippen LogP contribution in [-0.4, -0.2) is 25.5 Å². The Kier molecular flexibility index (Phi) is 3.44. The second-order valence-electron chi connectivity index (χ2n) is 6.20. The number of hydrogen-bond donors (Lipinski definition) is 1. The van der Waals surface area contributed by atoms with Crippen molar-refractivity contribution in [3.63, 3.8) is 0 Å². The zero-order valence-corrected chi connectivity index (χ0v) is 13.7. The molecule has 1 amide bonds. The van der Waals surface area contributed by atoms with Crippen LogP contribution in [0.5, 0.6) is 0 Å². The number of aryl methyl sites for hydroxylation is 1. The van der Waals surface area contributed by atoms with Gasteiger partial charge in [-0.15, -0.1) is 21.5 Å². The Morgan fingerprint density at radius 2 is 2.09 bits per heavy atom. The van der Waals surface area contributed by atoms with E-state index in [4.69, 9.17) is 0 Å². The number of nitrogens with one attached hydrogen (secondary N) is 1. The van der Waals surface area contributed by atoms with Crippen LogP contribution in [0.1, 0.15) is 41.8 Å². The molecule has 3 heterocycles. The predicted molar refractivity (Wildman–Crippen MR) is 86.5 cm³/mol. The molecule has 0 bridgehead atoms. The summed E-state index contributed by atoms with van der Waals surface area (Å²) in [5, 5.41) is 13.5. The lowest BCUT2D eigenvalue weighted by molar-refractivity contribution is 0.102. The van der Waals surface area contributed by atoms with Crippen molar-refractivity contribution in [3.8, 4) is 0 Å². The zero-order chi connectivity index (χ0) is 15.9. The fourth-order valence-electron chi connectivity index (χ4n) is 1.97. The third-order valence-electron chi connectivity index (χ3n) is 3.17. The molecular formula is C15H17N5OS. The van der Waals surface area contributed by atoms with Gasteiger partial charge in [-0.25, -0.2) is 4.98 Å². The summed E-state index contributed by atoms with van der Waals surface area (Å²) in [6, 6.07) is 3.84. The van der Waals surface area contributed by atoms with E-state index in [-0.39, 0.29) is 11.3 Å². The van der Waals surface area contributed by atoms with Gasteiger partial charge in [-0.1, -0.05) is 20.8 Å². The van der Waals surface area contributed by atoms with E-state index in [0.717, 1.165) is 10.6 Å². The molecule has 114 valence electrons. The van der Waals surface area contributed by atoms with Crippen LogP contribution in [-0.2, 0) is 5.41 Å². The average Bonchev–Trinajstić information content (AvgIpc) is 3.05. The minimum absolute atomic E-state index is 0.0672. The highest BCUT2D eigenvalue weighted by Crippen LogP contribution is 2.25. The number of rotatable bonds is 2. The molecule has 0 atom stereocenters. The van der Waals surface area contributed by atoms with E-state index in [2.05, 4.69) is 41.3 Å². The molecule has 0 aliphatic rings. The lowest BCUT2D eigenvalue weighted by Crippen LogP contribution is -2.16. The number of hydrogen-bond acceptors (Lipinski definition) is 5. The van der Waals surface area contributed by atoms with Crippen molar-refractivity contribution < 1.29 is 4.79 Å². The van der Waals surface area contributed by atoms with Crippen molar-refractivity contribution in [2.45, 2.75) is 33.1 Å². The van der Waals surface area contributed by atoms with Crippen LogP contribution in [0.25, 0.3) is 5.65 Å². The van der Waals surface area contributed by atoms with Crippen LogP contribution in [0, 0.1) is 6.92 Å². The highest BCUT2D eigenvalue weighted by atomic mass is 32.1. The van der Waals surface area contributed by atoms with Gasteiger partial charge < -0.3 is 0 Å². The minimum Gasteiger partial charge on any atom is -0.289 e. The Balaban J connectivity index is 1.85. The molecule has 3 rings (SSSR count). The van der Waals surface area contributed by atoms with Gasteiger partial charge in [0.25, 0.3) is 5.91 Å². The van der Waals surface area contributed by atoms with Gasteiger partial charge in [-0.2, -0.15) is 0 Å². The van der Waals surface area contributed by atoms with Gasteiger partial charge in [-0.3, -0.25) is 14.5 Å². The molecule has 3 aromatic rings. The predicted octanol–water partition coefficient (Wildman–Crippen LogP) is 3.04. The minimum atomic E-state index is -0.276. The van der Waals surface area contributed by atoms with Crippen LogP contribution in [0.15, 0.2) is 23.7 Å². The number of pyridine rings is 1. The van der Waals surface area contributed by atoms with Gasteiger partial charge in [0.15, 0.2) is 5.65 Å². The van der Waals surface area contributed by atoms with Crippen LogP contribution in [0.2, 0.25) is 0 Å². The van der Waals surface area contributed by atoms with E-state index in [1.807, 2.05) is 25.3 Å². The van der Waals surface area contributed by atoms with E-state index in [0.29, 0.717) is 17.3 Å². The van der Waals surface area contributed by atoms with E-state index >= 15 is 0 Å². The fourth-order valence-corrected chi connectivity index (χ4v) is 2.85. The van der Waals surface area contributed by atoms with E-state index in [1.165, 1.54) is 11.3 Å². The summed E-state index contributed by atoms with van der Waals surface area (Å²) < 4.78 is 1.74. The molecule has 6 nitrogen and oxygen atoms in total. The summed E-state index contributed by atoms with van der Waals surface area (Å²) in [5.74, 6) is 0.118. The first kappa shape index (κ1) is 14.6. The molecule has 0 aliphatic carbocycles. The fraction of sp³-hybridized carbons (Fsp3) is 0.333.